The molecule has 1 heterocycles. The zero-order chi connectivity index (χ0) is 13.6. The molecule has 0 amide bonds. The van der Waals surface area contributed by atoms with Crippen LogP contribution in [-0.4, -0.2) is 34.7 Å². The molecule has 0 saturated carbocycles. The first kappa shape index (κ1) is 12.5. The minimum Gasteiger partial charge on any atom is -0.508 e. The van der Waals surface area contributed by atoms with Crippen molar-refractivity contribution in [2.24, 2.45) is 0 Å². The largest absolute Gasteiger partial charge is 0.508 e. The Morgan fingerprint density at radius 1 is 1.16 bits per heavy atom. The molecule has 3 heteroatoms. The Kier molecular flexibility index (Phi) is 2.77. The van der Waals surface area contributed by atoms with E-state index in [1.54, 1.807) is 12.1 Å². The van der Waals surface area contributed by atoms with Gasteiger partial charge in [0.05, 0.1) is 0 Å². The summed E-state index contributed by atoms with van der Waals surface area (Å²) >= 11 is 0. The molecule has 1 saturated heterocycles. The van der Waals surface area contributed by atoms with Gasteiger partial charge in [0.2, 0.25) is 0 Å². The fourth-order valence-corrected chi connectivity index (χ4v) is 3.00. The number of aromatic hydroxyl groups is 1. The topological polar surface area (TPSA) is 43.7 Å². The lowest BCUT2D eigenvalue weighted by Gasteiger charge is -2.30. The maximum absolute atomic E-state index is 10.9. The standard InChI is InChI=1S/C16H19NO2/c1-11-16(19,7-8-17(11)2)14-5-3-13-10-15(18)6-4-12(13)9-14/h3-6,9-11,18-19H,7-8H2,1-2H3/t11-,16-/m1/s1. The maximum atomic E-state index is 10.9. The lowest BCUT2D eigenvalue weighted by atomic mass is 9.86. The van der Waals surface area contributed by atoms with E-state index in [1.807, 2.05) is 31.3 Å². The first-order chi connectivity index (χ1) is 9.00. The second-order valence-corrected chi connectivity index (χ2v) is 5.58. The van der Waals surface area contributed by atoms with Gasteiger partial charge < -0.3 is 15.1 Å². The number of benzene rings is 2. The van der Waals surface area contributed by atoms with E-state index in [9.17, 15) is 10.2 Å². The smallest absolute Gasteiger partial charge is 0.116 e. The number of fused-ring (bicyclic) bond motifs is 1. The molecule has 2 N–H and O–H groups in total. The van der Waals surface area contributed by atoms with Gasteiger partial charge in [-0.05, 0) is 54.9 Å². The van der Waals surface area contributed by atoms with Crippen LogP contribution in [0.5, 0.6) is 5.75 Å². The summed E-state index contributed by atoms with van der Waals surface area (Å²) in [5, 5.41) is 22.4. The monoisotopic (exact) mass is 257 g/mol. The van der Waals surface area contributed by atoms with Crippen LogP contribution in [0.3, 0.4) is 0 Å². The Morgan fingerprint density at radius 3 is 2.53 bits per heavy atom. The summed E-state index contributed by atoms with van der Waals surface area (Å²) in [4.78, 5) is 2.18. The number of rotatable bonds is 1. The van der Waals surface area contributed by atoms with Gasteiger partial charge in [0.25, 0.3) is 0 Å². The van der Waals surface area contributed by atoms with Crippen LogP contribution in [0.4, 0.5) is 0 Å². The minimum absolute atomic E-state index is 0.113. The summed E-state index contributed by atoms with van der Waals surface area (Å²) in [5.41, 5.74) is 0.184. The number of hydrogen-bond donors (Lipinski definition) is 2. The van der Waals surface area contributed by atoms with Crippen LogP contribution < -0.4 is 0 Å². The summed E-state index contributed by atoms with van der Waals surface area (Å²) in [6.07, 6.45) is 0.758. The molecule has 0 aromatic heterocycles. The Labute approximate surface area is 113 Å². The number of nitrogens with zero attached hydrogens (tertiary/aromatic N) is 1. The van der Waals surface area contributed by atoms with E-state index in [0.717, 1.165) is 29.3 Å². The fourth-order valence-electron chi connectivity index (χ4n) is 3.00. The molecule has 3 rings (SSSR count). The molecule has 0 radical (unpaired) electrons. The first-order valence-corrected chi connectivity index (χ1v) is 6.66. The molecule has 0 unspecified atom stereocenters. The molecule has 100 valence electrons. The average molecular weight is 257 g/mol. The van der Waals surface area contributed by atoms with Gasteiger partial charge in [-0.15, -0.1) is 0 Å². The quantitative estimate of drug-likeness (QED) is 0.824. The fraction of sp³-hybridized carbons (Fsp3) is 0.375. The molecule has 3 nitrogen and oxygen atoms in total. The van der Waals surface area contributed by atoms with Crippen molar-refractivity contribution in [3.8, 4) is 5.75 Å². The van der Waals surface area contributed by atoms with Crippen molar-refractivity contribution in [2.75, 3.05) is 13.6 Å². The number of phenolic OH excluding ortho intramolecular Hbond substituents is 1. The van der Waals surface area contributed by atoms with E-state index in [0.29, 0.717) is 0 Å². The van der Waals surface area contributed by atoms with E-state index in [-0.39, 0.29) is 11.8 Å². The minimum atomic E-state index is -0.777. The van der Waals surface area contributed by atoms with Crippen LogP contribution in [0.2, 0.25) is 0 Å². The number of likely N-dealkylation sites (N-methyl/N-ethyl adjacent to an activating group) is 1. The van der Waals surface area contributed by atoms with Crippen molar-refractivity contribution in [3.05, 3.63) is 42.0 Å². The van der Waals surface area contributed by atoms with E-state index < -0.39 is 5.60 Å². The molecule has 19 heavy (non-hydrogen) atoms. The van der Waals surface area contributed by atoms with Gasteiger partial charge in [0, 0.05) is 12.6 Å². The highest BCUT2D eigenvalue weighted by atomic mass is 16.3. The summed E-state index contributed by atoms with van der Waals surface area (Å²) in [7, 11) is 2.04. The third-order valence-corrected chi connectivity index (χ3v) is 4.52. The van der Waals surface area contributed by atoms with Crippen LogP contribution >= 0.6 is 0 Å². The predicted molar refractivity (Wildman–Crippen MR) is 76.2 cm³/mol. The number of phenols is 1. The third kappa shape index (κ3) is 1.90. The van der Waals surface area contributed by atoms with Crippen LogP contribution in [0.1, 0.15) is 18.9 Å². The lowest BCUT2D eigenvalue weighted by molar-refractivity contribution is 0.0110. The molecule has 1 fully saturated rings. The van der Waals surface area contributed by atoms with Crippen molar-refractivity contribution in [3.63, 3.8) is 0 Å². The van der Waals surface area contributed by atoms with Crippen LogP contribution in [0, 0.1) is 0 Å². The maximum Gasteiger partial charge on any atom is 0.116 e. The predicted octanol–water partition coefficient (Wildman–Crippen LogP) is 2.46. The van der Waals surface area contributed by atoms with Crippen molar-refractivity contribution in [1.82, 2.24) is 4.90 Å². The van der Waals surface area contributed by atoms with Crippen molar-refractivity contribution in [2.45, 2.75) is 25.0 Å². The van der Waals surface area contributed by atoms with Gasteiger partial charge in [-0.1, -0.05) is 18.2 Å². The van der Waals surface area contributed by atoms with E-state index in [1.165, 1.54) is 0 Å². The SMILES string of the molecule is C[C@H]1N(C)CC[C@]1(O)c1ccc2cc(O)ccc2c1. The van der Waals surface area contributed by atoms with Crippen LogP contribution in [0.15, 0.2) is 36.4 Å². The summed E-state index contributed by atoms with van der Waals surface area (Å²) in [6.45, 7) is 2.97. The molecule has 0 bridgehead atoms. The van der Waals surface area contributed by atoms with Gasteiger partial charge >= 0.3 is 0 Å². The Morgan fingerprint density at radius 2 is 1.84 bits per heavy atom. The van der Waals surface area contributed by atoms with E-state index >= 15 is 0 Å². The molecule has 1 aliphatic rings. The van der Waals surface area contributed by atoms with Gasteiger partial charge in [-0.25, -0.2) is 0 Å². The van der Waals surface area contributed by atoms with Gasteiger partial charge in [-0.2, -0.15) is 0 Å². The van der Waals surface area contributed by atoms with Crippen LogP contribution in [-0.2, 0) is 5.60 Å². The Bertz CT molecular complexity index is 625. The molecule has 2 aromatic carbocycles. The normalized spacial score (nSPS) is 28.1. The third-order valence-electron chi connectivity index (χ3n) is 4.52. The lowest BCUT2D eigenvalue weighted by Crippen LogP contribution is -2.38. The van der Waals surface area contributed by atoms with Crippen LogP contribution in [0.25, 0.3) is 10.8 Å². The number of likely N-dealkylation sites (tertiary alicyclic amines) is 1. The van der Waals surface area contributed by atoms with Gasteiger partial charge in [-0.3, -0.25) is 0 Å². The summed E-state index contributed by atoms with van der Waals surface area (Å²) in [5.74, 6) is 0.271. The van der Waals surface area contributed by atoms with Crippen molar-refractivity contribution < 1.29 is 10.2 Å². The molecule has 0 aliphatic carbocycles. The summed E-state index contributed by atoms with van der Waals surface area (Å²) < 4.78 is 0. The Hall–Kier alpha value is -1.58. The second-order valence-electron chi connectivity index (χ2n) is 5.58. The summed E-state index contributed by atoms with van der Waals surface area (Å²) in [6, 6.07) is 11.4. The van der Waals surface area contributed by atoms with Crippen molar-refractivity contribution in [1.29, 1.82) is 0 Å². The second kappa shape index (κ2) is 4.22. The Balaban J connectivity index is 2.09. The molecule has 2 atom stereocenters. The molecular formula is C16H19NO2. The molecule has 0 spiro atoms. The zero-order valence-electron chi connectivity index (χ0n) is 11.3. The molecule has 2 aromatic rings. The van der Waals surface area contributed by atoms with E-state index in [2.05, 4.69) is 11.8 Å². The highest BCUT2D eigenvalue weighted by Crippen LogP contribution is 2.38. The van der Waals surface area contributed by atoms with Gasteiger partial charge in [0.1, 0.15) is 11.4 Å². The van der Waals surface area contributed by atoms with E-state index in [4.69, 9.17) is 0 Å². The molecule has 1 aliphatic heterocycles. The zero-order valence-corrected chi connectivity index (χ0v) is 11.3. The average Bonchev–Trinajstić information content (AvgIpc) is 2.67. The van der Waals surface area contributed by atoms with Gasteiger partial charge in [0.15, 0.2) is 0 Å². The first-order valence-electron chi connectivity index (χ1n) is 6.66. The number of hydrogen-bond acceptors (Lipinski definition) is 3. The highest BCUT2D eigenvalue weighted by molar-refractivity contribution is 5.84. The molecular weight excluding hydrogens is 238 g/mol. The number of aliphatic hydroxyl groups is 1. The van der Waals surface area contributed by atoms with Crippen molar-refractivity contribution >= 4 is 10.8 Å². The highest BCUT2D eigenvalue weighted by Gasteiger charge is 2.42.